The fourth-order valence-electron chi connectivity index (χ4n) is 1.46. The number of hydrogen-bond acceptors (Lipinski definition) is 3. The van der Waals surface area contributed by atoms with E-state index in [2.05, 4.69) is 15.9 Å². The molecule has 1 N–H and O–H groups in total. The van der Waals surface area contributed by atoms with Crippen molar-refractivity contribution in [1.29, 1.82) is 0 Å². The molecule has 1 aromatic rings. The first kappa shape index (κ1) is 14.5. The molecule has 1 rings (SSSR count). The molecule has 96 valence electrons. The second-order valence-corrected chi connectivity index (χ2v) is 4.67. The van der Waals surface area contributed by atoms with Crippen molar-refractivity contribution in [3.63, 3.8) is 0 Å². The van der Waals surface area contributed by atoms with Crippen LogP contribution in [-0.2, 0) is 4.74 Å². The van der Waals surface area contributed by atoms with Gasteiger partial charge >= 0.3 is 0 Å². The Balaban J connectivity index is 2.52. The number of halogens is 1. The van der Waals surface area contributed by atoms with Crippen molar-refractivity contribution in [3.05, 3.63) is 28.2 Å². The summed E-state index contributed by atoms with van der Waals surface area (Å²) < 4.78 is 11.8. The zero-order valence-corrected chi connectivity index (χ0v) is 11.9. The largest absolute Gasteiger partial charge is 0.493 e. The summed E-state index contributed by atoms with van der Waals surface area (Å²) in [6.07, 6.45) is 0.317. The number of hydrogen-bond donors (Lipinski definition) is 1. The van der Waals surface area contributed by atoms with Gasteiger partial charge in [-0.3, -0.25) is 0 Å². The topological polar surface area (TPSA) is 38.7 Å². The first-order chi connectivity index (χ1) is 8.15. The fourth-order valence-corrected chi connectivity index (χ4v) is 1.84. The summed E-state index contributed by atoms with van der Waals surface area (Å²) in [6.45, 7) is 5.74. The van der Waals surface area contributed by atoms with E-state index in [1.54, 1.807) is 6.92 Å². The standard InChI is InChI=1S/C13H19BrO3/c1-3-16-7-4-8-17-13-6-5-11(14)9-12(13)10(2)15/h5-6,9-10,15H,3-4,7-8H2,1-2H3/t10-/m1/s1. The first-order valence-electron chi connectivity index (χ1n) is 5.83. The molecule has 0 radical (unpaired) electrons. The Hall–Kier alpha value is -0.580. The van der Waals surface area contributed by atoms with Crippen LogP contribution in [0, 0.1) is 0 Å². The number of rotatable bonds is 7. The van der Waals surface area contributed by atoms with Crippen molar-refractivity contribution in [1.82, 2.24) is 0 Å². The van der Waals surface area contributed by atoms with E-state index < -0.39 is 6.10 Å². The van der Waals surface area contributed by atoms with Crippen LogP contribution >= 0.6 is 15.9 Å². The molecule has 0 spiro atoms. The summed E-state index contributed by atoms with van der Waals surface area (Å²) in [7, 11) is 0. The van der Waals surface area contributed by atoms with Crippen molar-refractivity contribution in [2.75, 3.05) is 19.8 Å². The molecule has 0 bridgehead atoms. The Morgan fingerprint density at radius 1 is 1.35 bits per heavy atom. The highest BCUT2D eigenvalue weighted by molar-refractivity contribution is 9.10. The van der Waals surface area contributed by atoms with Crippen LogP contribution in [0.15, 0.2) is 22.7 Å². The molecular formula is C13H19BrO3. The summed E-state index contributed by atoms with van der Waals surface area (Å²) in [6, 6.07) is 5.65. The zero-order valence-electron chi connectivity index (χ0n) is 10.3. The SMILES string of the molecule is CCOCCCOc1ccc(Br)cc1[C@@H](C)O. The van der Waals surface area contributed by atoms with Crippen LogP contribution in [0.3, 0.4) is 0 Å². The Morgan fingerprint density at radius 3 is 2.76 bits per heavy atom. The second kappa shape index (κ2) is 7.69. The predicted molar refractivity (Wildman–Crippen MR) is 71.4 cm³/mol. The number of benzene rings is 1. The molecule has 0 aromatic heterocycles. The van der Waals surface area contributed by atoms with Crippen LogP contribution < -0.4 is 4.74 Å². The minimum absolute atomic E-state index is 0.533. The van der Waals surface area contributed by atoms with Gasteiger partial charge in [0.1, 0.15) is 5.75 Å². The lowest BCUT2D eigenvalue weighted by molar-refractivity contribution is 0.129. The van der Waals surface area contributed by atoms with Crippen LogP contribution in [0.1, 0.15) is 31.9 Å². The van der Waals surface area contributed by atoms with Crippen LogP contribution in [0.2, 0.25) is 0 Å². The molecule has 3 nitrogen and oxygen atoms in total. The number of ether oxygens (including phenoxy) is 2. The van der Waals surface area contributed by atoms with E-state index in [9.17, 15) is 5.11 Å². The molecule has 1 atom stereocenters. The van der Waals surface area contributed by atoms with Gasteiger partial charge in [-0.1, -0.05) is 15.9 Å². The highest BCUT2D eigenvalue weighted by atomic mass is 79.9. The second-order valence-electron chi connectivity index (χ2n) is 3.76. The van der Waals surface area contributed by atoms with E-state index >= 15 is 0 Å². The van der Waals surface area contributed by atoms with Gasteiger partial charge in [0, 0.05) is 29.7 Å². The fraction of sp³-hybridized carbons (Fsp3) is 0.538. The van der Waals surface area contributed by atoms with Gasteiger partial charge < -0.3 is 14.6 Å². The Morgan fingerprint density at radius 2 is 2.12 bits per heavy atom. The third kappa shape index (κ3) is 5.06. The number of aliphatic hydroxyl groups is 1. The Labute approximate surface area is 111 Å². The quantitative estimate of drug-likeness (QED) is 0.785. The highest BCUT2D eigenvalue weighted by Crippen LogP contribution is 2.28. The third-order valence-electron chi connectivity index (χ3n) is 2.32. The third-order valence-corrected chi connectivity index (χ3v) is 2.81. The molecule has 4 heteroatoms. The van der Waals surface area contributed by atoms with Gasteiger partial charge in [0.2, 0.25) is 0 Å². The molecule has 0 aliphatic rings. The zero-order chi connectivity index (χ0) is 12.7. The van der Waals surface area contributed by atoms with Crippen LogP contribution in [-0.4, -0.2) is 24.9 Å². The minimum atomic E-state index is -0.533. The lowest BCUT2D eigenvalue weighted by Crippen LogP contribution is -2.05. The summed E-state index contributed by atoms with van der Waals surface area (Å²) in [5.74, 6) is 0.736. The summed E-state index contributed by atoms with van der Waals surface area (Å²) in [5.41, 5.74) is 0.802. The van der Waals surface area contributed by atoms with Gasteiger partial charge in [-0.2, -0.15) is 0 Å². The highest BCUT2D eigenvalue weighted by Gasteiger charge is 2.09. The molecule has 0 aliphatic heterocycles. The number of aliphatic hydroxyl groups excluding tert-OH is 1. The van der Waals surface area contributed by atoms with Crippen molar-refractivity contribution >= 4 is 15.9 Å². The Kier molecular flexibility index (Phi) is 6.55. The van der Waals surface area contributed by atoms with Gasteiger partial charge in [-0.25, -0.2) is 0 Å². The molecule has 0 amide bonds. The van der Waals surface area contributed by atoms with E-state index in [4.69, 9.17) is 9.47 Å². The summed E-state index contributed by atoms with van der Waals surface area (Å²) in [5, 5.41) is 9.64. The molecule has 17 heavy (non-hydrogen) atoms. The molecule has 0 aliphatic carbocycles. The van der Waals surface area contributed by atoms with E-state index in [0.29, 0.717) is 13.2 Å². The van der Waals surface area contributed by atoms with Crippen molar-refractivity contribution in [2.24, 2.45) is 0 Å². The van der Waals surface area contributed by atoms with Crippen LogP contribution in [0.25, 0.3) is 0 Å². The van der Waals surface area contributed by atoms with E-state index in [0.717, 1.165) is 28.8 Å². The maximum atomic E-state index is 9.64. The smallest absolute Gasteiger partial charge is 0.125 e. The van der Waals surface area contributed by atoms with Gasteiger partial charge in [0.15, 0.2) is 0 Å². The van der Waals surface area contributed by atoms with Gasteiger partial charge in [-0.15, -0.1) is 0 Å². The average Bonchev–Trinajstić information content (AvgIpc) is 2.30. The molecule has 0 heterocycles. The summed E-state index contributed by atoms with van der Waals surface area (Å²) in [4.78, 5) is 0. The van der Waals surface area contributed by atoms with Crippen molar-refractivity contribution in [3.8, 4) is 5.75 Å². The maximum absolute atomic E-state index is 9.64. The molecule has 0 unspecified atom stereocenters. The molecule has 0 fully saturated rings. The van der Waals surface area contributed by atoms with Crippen molar-refractivity contribution < 1.29 is 14.6 Å². The minimum Gasteiger partial charge on any atom is -0.493 e. The van der Waals surface area contributed by atoms with Gasteiger partial charge in [0.05, 0.1) is 12.7 Å². The van der Waals surface area contributed by atoms with Gasteiger partial charge in [0.25, 0.3) is 0 Å². The van der Waals surface area contributed by atoms with Gasteiger partial charge in [-0.05, 0) is 32.0 Å². The lowest BCUT2D eigenvalue weighted by Gasteiger charge is -2.13. The first-order valence-corrected chi connectivity index (χ1v) is 6.62. The summed E-state index contributed by atoms with van der Waals surface area (Å²) >= 11 is 3.38. The molecule has 0 saturated heterocycles. The van der Waals surface area contributed by atoms with Crippen LogP contribution in [0.5, 0.6) is 5.75 Å². The van der Waals surface area contributed by atoms with E-state index in [1.165, 1.54) is 0 Å². The molecule has 1 aromatic carbocycles. The maximum Gasteiger partial charge on any atom is 0.125 e. The predicted octanol–water partition coefficient (Wildman–Crippen LogP) is 3.31. The normalized spacial score (nSPS) is 12.5. The van der Waals surface area contributed by atoms with Crippen LogP contribution in [0.4, 0.5) is 0 Å². The van der Waals surface area contributed by atoms with Crippen molar-refractivity contribution in [2.45, 2.75) is 26.4 Å². The molecule has 0 saturated carbocycles. The average molecular weight is 303 g/mol. The Bertz CT molecular complexity index is 339. The monoisotopic (exact) mass is 302 g/mol. The lowest BCUT2D eigenvalue weighted by atomic mass is 10.1. The molecular weight excluding hydrogens is 284 g/mol. The van der Waals surface area contributed by atoms with E-state index in [1.807, 2.05) is 25.1 Å². The van der Waals surface area contributed by atoms with E-state index in [-0.39, 0.29) is 0 Å².